The molecule has 112 valence electrons. The van der Waals surface area contributed by atoms with Crippen LogP contribution < -0.4 is 10.6 Å². The van der Waals surface area contributed by atoms with Gasteiger partial charge in [0.15, 0.2) is 0 Å². The summed E-state index contributed by atoms with van der Waals surface area (Å²) in [4.78, 5) is 8.62. The normalized spacial score (nSPS) is 11.2. The molecule has 1 aromatic carbocycles. The van der Waals surface area contributed by atoms with Gasteiger partial charge >= 0.3 is 0 Å². The van der Waals surface area contributed by atoms with Crippen molar-refractivity contribution in [3.8, 4) is 0 Å². The summed E-state index contributed by atoms with van der Waals surface area (Å²) in [5.74, 6) is 1.42. The number of rotatable bonds is 6. The molecule has 0 spiro atoms. The lowest BCUT2D eigenvalue weighted by Crippen LogP contribution is -2.32. The van der Waals surface area contributed by atoms with Gasteiger partial charge in [-0.1, -0.05) is 30.3 Å². The van der Waals surface area contributed by atoms with Gasteiger partial charge in [0.05, 0.1) is 4.47 Å². The van der Waals surface area contributed by atoms with Gasteiger partial charge in [0.2, 0.25) is 5.95 Å². The Morgan fingerprint density at radius 1 is 1.19 bits per heavy atom. The molecule has 0 aliphatic rings. The third-order valence-corrected chi connectivity index (χ3v) is 3.89. The molecular weight excluding hydrogens is 328 g/mol. The highest BCUT2D eigenvalue weighted by Crippen LogP contribution is 2.25. The smallest absolute Gasteiger partial charge is 0.224 e. The average Bonchev–Trinajstić information content (AvgIpc) is 2.48. The van der Waals surface area contributed by atoms with Crippen LogP contribution in [0.25, 0.3) is 0 Å². The summed E-state index contributed by atoms with van der Waals surface area (Å²) in [6.45, 7) is 4.37. The van der Waals surface area contributed by atoms with E-state index in [-0.39, 0.29) is 5.54 Å². The molecular formula is C16H21BrN4. The van der Waals surface area contributed by atoms with Crippen molar-refractivity contribution in [2.24, 2.45) is 0 Å². The molecule has 5 heteroatoms. The van der Waals surface area contributed by atoms with Crippen LogP contribution in [-0.2, 0) is 6.42 Å². The number of benzene rings is 1. The Balaban J connectivity index is 2.03. The zero-order valence-electron chi connectivity index (χ0n) is 12.7. The van der Waals surface area contributed by atoms with Crippen LogP contribution in [0.1, 0.15) is 25.8 Å². The largest absolute Gasteiger partial charge is 0.364 e. The second-order valence-electron chi connectivity index (χ2n) is 5.63. The van der Waals surface area contributed by atoms with Crippen LogP contribution in [0.15, 0.2) is 41.0 Å². The van der Waals surface area contributed by atoms with Crippen LogP contribution in [0.3, 0.4) is 0 Å². The van der Waals surface area contributed by atoms with E-state index >= 15 is 0 Å². The van der Waals surface area contributed by atoms with Crippen LogP contribution in [0.5, 0.6) is 0 Å². The fourth-order valence-electron chi connectivity index (χ4n) is 2.06. The molecule has 0 unspecified atom stereocenters. The molecule has 0 aliphatic carbocycles. The van der Waals surface area contributed by atoms with Crippen molar-refractivity contribution in [3.63, 3.8) is 0 Å². The topological polar surface area (TPSA) is 49.8 Å². The highest BCUT2D eigenvalue weighted by Gasteiger charge is 2.19. The minimum absolute atomic E-state index is 0.0578. The number of halogens is 1. The number of nitrogens with zero attached hydrogens (tertiary/aromatic N) is 2. The van der Waals surface area contributed by atoms with Crippen molar-refractivity contribution >= 4 is 27.7 Å². The van der Waals surface area contributed by atoms with E-state index in [4.69, 9.17) is 0 Å². The molecule has 0 saturated carbocycles. The van der Waals surface area contributed by atoms with E-state index in [1.165, 1.54) is 5.56 Å². The molecule has 2 aromatic rings. The first kappa shape index (κ1) is 15.8. The Bertz CT molecular complexity index is 584. The van der Waals surface area contributed by atoms with Gasteiger partial charge in [-0.15, -0.1) is 0 Å². The fourth-order valence-corrected chi connectivity index (χ4v) is 2.35. The molecule has 2 N–H and O–H groups in total. The standard InChI is InChI=1S/C16H21BrN4/c1-16(2,10-9-12-7-5-4-6-8-12)21-14-13(17)11-19-15(18-3)20-14/h4-8,11H,9-10H2,1-3H3,(H2,18,19,20,21). The van der Waals surface area contributed by atoms with Gasteiger partial charge in [0.25, 0.3) is 0 Å². The molecule has 0 bridgehead atoms. The number of aromatic nitrogens is 2. The number of aryl methyl sites for hydroxylation is 1. The van der Waals surface area contributed by atoms with E-state index in [1.54, 1.807) is 6.20 Å². The van der Waals surface area contributed by atoms with E-state index in [1.807, 2.05) is 13.1 Å². The summed E-state index contributed by atoms with van der Waals surface area (Å²) in [5.41, 5.74) is 1.29. The van der Waals surface area contributed by atoms with E-state index in [9.17, 15) is 0 Å². The summed E-state index contributed by atoms with van der Waals surface area (Å²) in [7, 11) is 1.81. The molecule has 1 heterocycles. The Labute approximate surface area is 134 Å². The number of nitrogens with one attached hydrogen (secondary N) is 2. The van der Waals surface area contributed by atoms with Crippen molar-refractivity contribution in [3.05, 3.63) is 46.6 Å². The average molecular weight is 349 g/mol. The molecule has 2 rings (SSSR count). The van der Waals surface area contributed by atoms with Gasteiger partial charge in [-0.2, -0.15) is 4.98 Å². The lowest BCUT2D eigenvalue weighted by Gasteiger charge is -2.27. The first-order chi connectivity index (χ1) is 10.00. The molecule has 0 atom stereocenters. The zero-order valence-corrected chi connectivity index (χ0v) is 14.2. The molecule has 1 aromatic heterocycles. The maximum atomic E-state index is 4.45. The van der Waals surface area contributed by atoms with Crippen LogP contribution in [0, 0.1) is 0 Å². The predicted octanol–water partition coefficient (Wildman–Crippen LogP) is 4.10. The third-order valence-electron chi connectivity index (χ3n) is 3.31. The number of hydrogen-bond acceptors (Lipinski definition) is 4. The Kier molecular flexibility index (Phi) is 5.17. The summed E-state index contributed by atoms with van der Waals surface area (Å²) in [6.07, 6.45) is 3.80. The minimum Gasteiger partial charge on any atom is -0.364 e. The highest BCUT2D eigenvalue weighted by atomic mass is 79.9. The van der Waals surface area contributed by atoms with Gasteiger partial charge in [-0.25, -0.2) is 4.98 Å². The SMILES string of the molecule is CNc1ncc(Br)c(NC(C)(C)CCc2ccccc2)n1. The van der Waals surface area contributed by atoms with Gasteiger partial charge in [0.1, 0.15) is 5.82 Å². The summed E-state index contributed by atoms with van der Waals surface area (Å²) >= 11 is 3.49. The van der Waals surface area contributed by atoms with E-state index < -0.39 is 0 Å². The third kappa shape index (κ3) is 4.70. The van der Waals surface area contributed by atoms with Crippen LogP contribution >= 0.6 is 15.9 Å². The maximum absolute atomic E-state index is 4.45. The zero-order chi connectivity index (χ0) is 15.3. The van der Waals surface area contributed by atoms with Crippen molar-refractivity contribution in [2.75, 3.05) is 17.7 Å². The Hall–Kier alpha value is -1.62. The van der Waals surface area contributed by atoms with Crippen LogP contribution in [0.4, 0.5) is 11.8 Å². The summed E-state index contributed by atoms with van der Waals surface area (Å²) in [5, 5.41) is 6.45. The van der Waals surface area contributed by atoms with Crippen LogP contribution in [-0.4, -0.2) is 22.6 Å². The quantitative estimate of drug-likeness (QED) is 0.824. The predicted molar refractivity (Wildman–Crippen MR) is 91.7 cm³/mol. The Morgan fingerprint density at radius 3 is 2.57 bits per heavy atom. The highest BCUT2D eigenvalue weighted by molar-refractivity contribution is 9.10. The molecule has 0 saturated heterocycles. The van der Waals surface area contributed by atoms with E-state index in [2.05, 4.69) is 74.6 Å². The molecule has 0 aliphatic heterocycles. The second-order valence-corrected chi connectivity index (χ2v) is 6.49. The lowest BCUT2D eigenvalue weighted by atomic mass is 9.95. The van der Waals surface area contributed by atoms with E-state index in [0.717, 1.165) is 23.1 Å². The molecule has 0 amide bonds. The fraction of sp³-hybridized carbons (Fsp3) is 0.375. The van der Waals surface area contributed by atoms with Crippen molar-refractivity contribution in [2.45, 2.75) is 32.2 Å². The monoisotopic (exact) mass is 348 g/mol. The van der Waals surface area contributed by atoms with Crippen molar-refractivity contribution in [1.29, 1.82) is 0 Å². The summed E-state index contributed by atoms with van der Waals surface area (Å²) < 4.78 is 0.870. The van der Waals surface area contributed by atoms with Gasteiger partial charge in [-0.05, 0) is 48.2 Å². The van der Waals surface area contributed by atoms with Gasteiger partial charge in [-0.3, -0.25) is 0 Å². The lowest BCUT2D eigenvalue weighted by molar-refractivity contribution is 0.516. The van der Waals surface area contributed by atoms with Crippen molar-refractivity contribution < 1.29 is 0 Å². The molecule has 0 fully saturated rings. The van der Waals surface area contributed by atoms with Crippen molar-refractivity contribution in [1.82, 2.24) is 9.97 Å². The first-order valence-corrected chi connectivity index (χ1v) is 7.82. The van der Waals surface area contributed by atoms with Crippen LogP contribution in [0.2, 0.25) is 0 Å². The van der Waals surface area contributed by atoms with Gasteiger partial charge in [0, 0.05) is 18.8 Å². The molecule has 21 heavy (non-hydrogen) atoms. The molecule has 4 nitrogen and oxygen atoms in total. The number of anilines is 2. The minimum atomic E-state index is -0.0578. The van der Waals surface area contributed by atoms with E-state index in [0.29, 0.717) is 5.95 Å². The second kappa shape index (κ2) is 6.89. The number of hydrogen-bond donors (Lipinski definition) is 2. The summed E-state index contributed by atoms with van der Waals surface area (Å²) in [6, 6.07) is 10.5. The van der Waals surface area contributed by atoms with Gasteiger partial charge < -0.3 is 10.6 Å². The maximum Gasteiger partial charge on any atom is 0.224 e. The Morgan fingerprint density at radius 2 is 1.90 bits per heavy atom. The first-order valence-electron chi connectivity index (χ1n) is 7.02. The molecule has 0 radical (unpaired) electrons.